The monoisotopic (exact) mass is 462 g/mol. The third-order valence-electron chi connectivity index (χ3n) is 7.95. The van der Waals surface area contributed by atoms with E-state index in [-0.39, 0.29) is 29.9 Å². The molecule has 182 valence electrons. The maximum absolute atomic E-state index is 12.8. The number of hydrogen-bond donors (Lipinski definition) is 0. The zero-order chi connectivity index (χ0) is 24.4. The Labute approximate surface area is 194 Å². The molecule has 0 N–H and O–H groups in total. The average Bonchev–Trinajstić information content (AvgIpc) is 3.11. The number of carbonyl (C=O) groups excluding carboxylic acids is 4. The second kappa shape index (κ2) is 9.69. The minimum absolute atomic E-state index is 0.0676. The third-order valence-corrected chi connectivity index (χ3v) is 7.95. The molecule has 0 aromatic heterocycles. The topological polar surface area (TPSA) is 105 Å². The van der Waals surface area contributed by atoms with Crippen LogP contribution in [0, 0.1) is 22.7 Å². The number of rotatable bonds is 7. The Morgan fingerprint density at radius 2 is 1.91 bits per heavy atom. The van der Waals surface area contributed by atoms with Crippen molar-refractivity contribution in [2.75, 3.05) is 13.7 Å². The van der Waals surface area contributed by atoms with Crippen molar-refractivity contribution >= 4 is 23.9 Å². The van der Waals surface area contributed by atoms with E-state index in [4.69, 9.17) is 18.9 Å². The van der Waals surface area contributed by atoms with Crippen molar-refractivity contribution in [1.82, 2.24) is 0 Å². The van der Waals surface area contributed by atoms with E-state index >= 15 is 0 Å². The fourth-order valence-corrected chi connectivity index (χ4v) is 6.07. The van der Waals surface area contributed by atoms with Gasteiger partial charge in [-0.05, 0) is 55.8 Å². The van der Waals surface area contributed by atoms with Crippen LogP contribution in [-0.4, -0.2) is 43.9 Å². The van der Waals surface area contributed by atoms with Crippen molar-refractivity contribution in [3.63, 3.8) is 0 Å². The molecule has 8 heteroatoms. The molecule has 0 aromatic carbocycles. The van der Waals surface area contributed by atoms with Gasteiger partial charge in [0.15, 0.2) is 0 Å². The summed E-state index contributed by atoms with van der Waals surface area (Å²) in [6, 6.07) is 0. The lowest BCUT2D eigenvalue weighted by Crippen LogP contribution is -2.54. The standard InChI is InChI=1S/C25H34O8/c1-15-9-12-25(14-31-16(2)26)19(22(29)30-5)7-6-8-20(25)24(15,4)11-10-18-13-21(28)33-23(18)32-17(3)27/h7,13,15,20,23H,6,8-12,14H2,1-5H3. The van der Waals surface area contributed by atoms with Gasteiger partial charge in [0.1, 0.15) is 6.61 Å². The molecule has 3 rings (SSSR count). The van der Waals surface area contributed by atoms with E-state index in [9.17, 15) is 19.2 Å². The van der Waals surface area contributed by atoms with Crippen LogP contribution in [0.2, 0.25) is 0 Å². The number of methoxy groups -OCH3 is 1. The van der Waals surface area contributed by atoms with Gasteiger partial charge in [0.25, 0.3) is 6.29 Å². The molecule has 8 nitrogen and oxygen atoms in total. The largest absolute Gasteiger partial charge is 0.466 e. The fourth-order valence-electron chi connectivity index (χ4n) is 6.07. The van der Waals surface area contributed by atoms with E-state index in [0.29, 0.717) is 29.9 Å². The van der Waals surface area contributed by atoms with E-state index < -0.39 is 23.6 Å². The SMILES string of the molecule is COC(=O)C1=CCCC2C1(COC(C)=O)CCC(C)C2(C)CCC1=CC(=O)OC1OC(C)=O. The van der Waals surface area contributed by atoms with Crippen LogP contribution in [0.4, 0.5) is 0 Å². The van der Waals surface area contributed by atoms with Gasteiger partial charge in [-0.15, -0.1) is 0 Å². The van der Waals surface area contributed by atoms with Crippen LogP contribution < -0.4 is 0 Å². The zero-order valence-corrected chi connectivity index (χ0v) is 20.1. The summed E-state index contributed by atoms with van der Waals surface area (Å²) in [7, 11) is 1.37. The van der Waals surface area contributed by atoms with Crippen molar-refractivity contribution in [3.8, 4) is 0 Å². The van der Waals surface area contributed by atoms with E-state index in [1.54, 1.807) is 0 Å². The maximum atomic E-state index is 12.8. The zero-order valence-electron chi connectivity index (χ0n) is 20.1. The lowest BCUT2D eigenvalue weighted by Gasteiger charge is -2.58. The van der Waals surface area contributed by atoms with Crippen LogP contribution in [0.25, 0.3) is 0 Å². The number of hydrogen-bond acceptors (Lipinski definition) is 8. The van der Waals surface area contributed by atoms with Crippen LogP contribution in [0.3, 0.4) is 0 Å². The Morgan fingerprint density at radius 3 is 2.55 bits per heavy atom. The summed E-state index contributed by atoms with van der Waals surface area (Å²) in [4.78, 5) is 47.8. The molecule has 3 aliphatic rings. The van der Waals surface area contributed by atoms with Gasteiger partial charge in [-0.3, -0.25) is 9.59 Å². The van der Waals surface area contributed by atoms with Gasteiger partial charge in [0.05, 0.1) is 7.11 Å². The molecule has 0 aromatic rings. The van der Waals surface area contributed by atoms with Gasteiger partial charge in [-0.2, -0.15) is 0 Å². The van der Waals surface area contributed by atoms with Crippen LogP contribution >= 0.6 is 0 Å². The third kappa shape index (κ3) is 4.84. The predicted octanol–water partition coefficient (Wildman–Crippen LogP) is 3.63. The second-order valence-electron chi connectivity index (χ2n) is 9.72. The highest BCUT2D eigenvalue weighted by Crippen LogP contribution is 2.62. The number of esters is 4. The molecular weight excluding hydrogens is 428 g/mol. The van der Waals surface area contributed by atoms with Crippen LogP contribution in [0.1, 0.15) is 66.2 Å². The highest BCUT2D eigenvalue weighted by molar-refractivity contribution is 5.90. The van der Waals surface area contributed by atoms with Gasteiger partial charge < -0.3 is 18.9 Å². The molecule has 1 saturated carbocycles. The summed E-state index contributed by atoms with van der Waals surface area (Å²) in [5.41, 5.74) is 0.389. The van der Waals surface area contributed by atoms with E-state index in [1.807, 2.05) is 6.08 Å². The molecule has 5 atom stereocenters. The summed E-state index contributed by atoms with van der Waals surface area (Å²) in [6.45, 7) is 7.21. The van der Waals surface area contributed by atoms with Gasteiger partial charge in [0, 0.05) is 36.5 Å². The van der Waals surface area contributed by atoms with Crippen molar-refractivity contribution in [3.05, 3.63) is 23.3 Å². The number of cyclic esters (lactones) is 1. The lowest BCUT2D eigenvalue weighted by molar-refractivity contribution is -0.172. The van der Waals surface area contributed by atoms with Crippen molar-refractivity contribution in [1.29, 1.82) is 0 Å². The Morgan fingerprint density at radius 1 is 1.18 bits per heavy atom. The second-order valence-corrected chi connectivity index (χ2v) is 9.72. The van der Waals surface area contributed by atoms with E-state index in [2.05, 4.69) is 13.8 Å². The number of fused-ring (bicyclic) bond motifs is 1. The summed E-state index contributed by atoms with van der Waals surface area (Å²) < 4.78 is 20.9. The average molecular weight is 463 g/mol. The minimum atomic E-state index is -0.986. The molecular formula is C25H34O8. The first kappa shape index (κ1) is 25.0. The molecule has 1 heterocycles. The number of allylic oxidation sites excluding steroid dienone is 1. The summed E-state index contributed by atoms with van der Waals surface area (Å²) in [5, 5.41) is 0. The predicted molar refractivity (Wildman–Crippen MR) is 117 cm³/mol. The van der Waals surface area contributed by atoms with E-state index in [1.165, 1.54) is 27.0 Å². The number of ether oxygens (including phenoxy) is 4. The molecule has 2 aliphatic carbocycles. The van der Waals surface area contributed by atoms with Crippen molar-refractivity contribution in [2.45, 2.75) is 72.5 Å². The van der Waals surface area contributed by atoms with Crippen LogP contribution in [-0.2, 0) is 38.1 Å². The first-order chi connectivity index (χ1) is 15.5. The highest BCUT2D eigenvalue weighted by Gasteiger charge is 2.58. The molecule has 0 amide bonds. The Kier molecular flexibility index (Phi) is 7.34. The normalized spacial score (nSPS) is 33.2. The fraction of sp³-hybridized carbons (Fsp3) is 0.680. The molecule has 1 fully saturated rings. The van der Waals surface area contributed by atoms with Crippen LogP contribution in [0.15, 0.2) is 23.3 Å². The van der Waals surface area contributed by atoms with Crippen molar-refractivity contribution in [2.24, 2.45) is 22.7 Å². The summed E-state index contributed by atoms with van der Waals surface area (Å²) in [6.07, 6.45) is 6.73. The minimum Gasteiger partial charge on any atom is -0.466 e. The van der Waals surface area contributed by atoms with Gasteiger partial charge in [0.2, 0.25) is 0 Å². The van der Waals surface area contributed by atoms with Crippen molar-refractivity contribution < 1.29 is 38.1 Å². The molecule has 1 aliphatic heterocycles. The van der Waals surface area contributed by atoms with Gasteiger partial charge in [-0.25, -0.2) is 9.59 Å². The quantitative estimate of drug-likeness (QED) is 0.417. The first-order valence-corrected chi connectivity index (χ1v) is 11.5. The molecule has 0 bridgehead atoms. The molecule has 5 unspecified atom stereocenters. The maximum Gasteiger partial charge on any atom is 0.334 e. The molecule has 0 radical (unpaired) electrons. The van der Waals surface area contributed by atoms with Gasteiger partial charge >= 0.3 is 23.9 Å². The molecule has 33 heavy (non-hydrogen) atoms. The first-order valence-electron chi connectivity index (χ1n) is 11.5. The van der Waals surface area contributed by atoms with E-state index in [0.717, 1.165) is 25.7 Å². The Hall–Kier alpha value is -2.64. The Bertz CT molecular complexity index is 887. The van der Waals surface area contributed by atoms with Gasteiger partial charge in [-0.1, -0.05) is 19.9 Å². The summed E-state index contributed by atoms with van der Waals surface area (Å²) in [5.74, 6) is -1.39. The van der Waals surface area contributed by atoms with Crippen LogP contribution in [0.5, 0.6) is 0 Å². The Balaban J connectivity index is 1.92. The number of carbonyl (C=O) groups is 4. The lowest BCUT2D eigenvalue weighted by atomic mass is 9.46. The summed E-state index contributed by atoms with van der Waals surface area (Å²) >= 11 is 0. The molecule has 0 spiro atoms. The molecule has 0 saturated heterocycles. The smallest absolute Gasteiger partial charge is 0.334 e. The highest BCUT2D eigenvalue weighted by atomic mass is 16.7.